The molecule has 2 saturated heterocycles. The zero-order valence-electron chi connectivity index (χ0n) is 29.2. The minimum absolute atomic E-state index is 0.0907. The third-order valence-electron chi connectivity index (χ3n) is 9.82. The van der Waals surface area contributed by atoms with E-state index in [1.165, 1.54) is 19.3 Å². The van der Waals surface area contributed by atoms with Crippen molar-refractivity contribution >= 4 is 23.2 Å². The van der Waals surface area contributed by atoms with E-state index in [0.29, 0.717) is 25.3 Å². The summed E-state index contributed by atoms with van der Waals surface area (Å²) in [5.41, 5.74) is 7.62. The number of nitrogens with zero attached hydrogens (tertiary/aromatic N) is 2. The highest BCUT2D eigenvalue weighted by Gasteiger charge is 2.25. The number of nitrogens with one attached hydrogen (secondary N) is 1. The van der Waals surface area contributed by atoms with Gasteiger partial charge < -0.3 is 24.6 Å². The normalized spacial score (nSPS) is 14.9. The number of carbonyl (C=O) groups excluding carboxylic acids is 2. The Balaban J connectivity index is 0.857. The van der Waals surface area contributed by atoms with Crippen molar-refractivity contribution < 1.29 is 19.1 Å². The van der Waals surface area contributed by atoms with Crippen molar-refractivity contribution in [3.63, 3.8) is 0 Å². The number of rotatable bonds is 10. The fourth-order valence-electron chi connectivity index (χ4n) is 6.77. The Kier molecular flexibility index (Phi) is 10.6. The number of likely N-dealkylation sites (tertiary alicyclic amines) is 1. The van der Waals surface area contributed by atoms with Crippen molar-refractivity contribution in [3.05, 3.63) is 144 Å². The second-order valence-electron chi connectivity index (χ2n) is 13.6. The highest BCUT2D eigenvalue weighted by Crippen LogP contribution is 2.27. The Labute approximate surface area is 300 Å². The molecule has 5 aromatic rings. The molecule has 0 aliphatic carbocycles. The van der Waals surface area contributed by atoms with Crippen LogP contribution < -0.4 is 19.7 Å². The SMILES string of the molecule is Cc1ccc(C(=O)N2CCC(Oc3ccc(COc4ccc(-c5ccc(C(=O)Nc6cccc(N7CCCCC7)c6)cc5)cc4)cc3)CC2)cc1. The molecule has 0 saturated carbocycles. The Morgan fingerprint density at radius 3 is 2.00 bits per heavy atom. The predicted octanol–water partition coefficient (Wildman–Crippen LogP) is 9.17. The summed E-state index contributed by atoms with van der Waals surface area (Å²) < 4.78 is 12.3. The molecule has 0 aromatic heterocycles. The monoisotopic (exact) mass is 679 g/mol. The molecule has 2 aliphatic heterocycles. The molecule has 7 heteroatoms. The van der Waals surface area contributed by atoms with Gasteiger partial charge in [-0.25, -0.2) is 0 Å². The molecule has 2 aliphatic rings. The van der Waals surface area contributed by atoms with Crippen LogP contribution in [0.1, 0.15) is 63.9 Å². The molecular weight excluding hydrogens is 635 g/mol. The lowest BCUT2D eigenvalue weighted by Crippen LogP contribution is -2.41. The average Bonchev–Trinajstić information content (AvgIpc) is 3.19. The summed E-state index contributed by atoms with van der Waals surface area (Å²) in [4.78, 5) is 30.2. The van der Waals surface area contributed by atoms with Gasteiger partial charge >= 0.3 is 0 Å². The summed E-state index contributed by atoms with van der Waals surface area (Å²) in [5.74, 6) is 1.59. The van der Waals surface area contributed by atoms with E-state index in [1.54, 1.807) is 0 Å². The Morgan fingerprint density at radius 1 is 0.686 bits per heavy atom. The fraction of sp³-hybridized carbons (Fsp3) is 0.273. The number of aryl methyl sites for hydroxylation is 1. The van der Waals surface area contributed by atoms with Crippen LogP contribution in [0.3, 0.4) is 0 Å². The standard InChI is InChI=1S/C44H45N3O4/c1-32-8-12-37(13-9-32)44(49)47-28-24-42(25-29-47)51-41-20-10-33(11-21-41)31-50-40-22-18-35(19-23-40)34-14-16-36(17-15-34)43(48)45-38-6-5-7-39(30-38)46-26-3-2-4-27-46/h5-23,30,42H,2-4,24-29,31H2,1H3,(H,45,48). The number of hydrogen-bond acceptors (Lipinski definition) is 5. The molecule has 2 heterocycles. The number of amides is 2. The van der Waals surface area contributed by atoms with Gasteiger partial charge in [-0.2, -0.15) is 0 Å². The predicted molar refractivity (Wildman–Crippen MR) is 204 cm³/mol. The van der Waals surface area contributed by atoms with Crippen molar-refractivity contribution in [1.82, 2.24) is 4.90 Å². The summed E-state index contributed by atoms with van der Waals surface area (Å²) in [6.45, 7) is 6.00. The average molecular weight is 680 g/mol. The Bertz CT molecular complexity index is 1910. The highest BCUT2D eigenvalue weighted by atomic mass is 16.5. The summed E-state index contributed by atoms with van der Waals surface area (Å²) >= 11 is 0. The zero-order chi connectivity index (χ0) is 35.0. The van der Waals surface area contributed by atoms with E-state index < -0.39 is 0 Å². The quantitative estimate of drug-likeness (QED) is 0.159. The first kappa shape index (κ1) is 33.9. The van der Waals surface area contributed by atoms with E-state index in [2.05, 4.69) is 22.3 Å². The van der Waals surface area contributed by atoms with Gasteiger partial charge in [0.25, 0.3) is 11.8 Å². The van der Waals surface area contributed by atoms with Gasteiger partial charge in [-0.3, -0.25) is 9.59 Å². The van der Waals surface area contributed by atoms with Gasteiger partial charge in [0, 0.05) is 61.5 Å². The van der Waals surface area contributed by atoms with Gasteiger partial charge in [0.2, 0.25) is 0 Å². The van der Waals surface area contributed by atoms with Crippen LogP contribution in [0.25, 0.3) is 11.1 Å². The molecule has 0 spiro atoms. The van der Waals surface area contributed by atoms with Crippen LogP contribution in [0, 0.1) is 6.92 Å². The number of hydrogen-bond donors (Lipinski definition) is 1. The Morgan fingerprint density at radius 2 is 1.31 bits per heavy atom. The van der Waals surface area contributed by atoms with Crippen LogP contribution in [-0.4, -0.2) is 49.0 Å². The molecule has 260 valence electrons. The lowest BCUT2D eigenvalue weighted by atomic mass is 10.0. The molecule has 2 amide bonds. The third kappa shape index (κ3) is 8.79. The van der Waals surface area contributed by atoms with Gasteiger partial charge in [-0.1, -0.05) is 60.2 Å². The number of carbonyl (C=O) groups is 2. The number of piperidine rings is 2. The molecular formula is C44H45N3O4. The molecule has 0 unspecified atom stereocenters. The molecule has 5 aromatic carbocycles. The smallest absolute Gasteiger partial charge is 0.255 e. The van der Waals surface area contributed by atoms with Crippen molar-refractivity contribution in [2.75, 3.05) is 36.4 Å². The van der Waals surface area contributed by atoms with Gasteiger partial charge in [0.15, 0.2) is 0 Å². The van der Waals surface area contributed by atoms with E-state index in [1.807, 2.05) is 121 Å². The second kappa shape index (κ2) is 16.0. The molecule has 0 bridgehead atoms. The number of anilines is 2. The zero-order valence-corrected chi connectivity index (χ0v) is 29.2. The van der Waals surface area contributed by atoms with Crippen LogP contribution in [0.4, 0.5) is 11.4 Å². The van der Waals surface area contributed by atoms with E-state index in [9.17, 15) is 9.59 Å². The van der Waals surface area contributed by atoms with Crippen molar-refractivity contribution in [3.8, 4) is 22.6 Å². The fourth-order valence-corrected chi connectivity index (χ4v) is 6.77. The molecule has 1 N–H and O–H groups in total. The maximum atomic E-state index is 13.0. The first-order valence-corrected chi connectivity index (χ1v) is 18.1. The minimum Gasteiger partial charge on any atom is -0.490 e. The first-order valence-electron chi connectivity index (χ1n) is 18.1. The van der Waals surface area contributed by atoms with Crippen molar-refractivity contribution in [2.24, 2.45) is 0 Å². The van der Waals surface area contributed by atoms with Crippen LogP contribution in [0.2, 0.25) is 0 Å². The van der Waals surface area contributed by atoms with Gasteiger partial charge in [0.1, 0.15) is 24.2 Å². The minimum atomic E-state index is -0.117. The summed E-state index contributed by atoms with van der Waals surface area (Å²) in [6.07, 6.45) is 5.43. The lowest BCUT2D eigenvalue weighted by Gasteiger charge is -2.32. The van der Waals surface area contributed by atoms with Gasteiger partial charge in [0.05, 0.1) is 0 Å². The maximum absolute atomic E-state index is 13.0. The molecule has 7 rings (SSSR count). The third-order valence-corrected chi connectivity index (χ3v) is 9.82. The maximum Gasteiger partial charge on any atom is 0.255 e. The lowest BCUT2D eigenvalue weighted by molar-refractivity contribution is 0.0595. The van der Waals surface area contributed by atoms with Crippen LogP contribution in [0.15, 0.2) is 121 Å². The van der Waals surface area contributed by atoms with Crippen molar-refractivity contribution in [1.29, 1.82) is 0 Å². The Hall–Kier alpha value is -5.56. The molecule has 0 radical (unpaired) electrons. The molecule has 0 atom stereocenters. The van der Waals surface area contributed by atoms with Gasteiger partial charge in [-0.05, 0) is 110 Å². The number of benzene rings is 5. The van der Waals surface area contributed by atoms with E-state index in [-0.39, 0.29) is 17.9 Å². The molecule has 51 heavy (non-hydrogen) atoms. The number of ether oxygens (including phenoxy) is 2. The molecule has 2 fully saturated rings. The van der Waals surface area contributed by atoms with Crippen LogP contribution >= 0.6 is 0 Å². The van der Waals surface area contributed by atoms with Gasteiger partial charge in [-0.15, -0.1) is 0 Å². The van der Waals surface area contributed by atoms with Crippen LogP contribution in [-0.2, 0) is 6.61 Å². The second-order valence-corrected chi connectivity index (χ2v) is 13.6. The van der Waals surface area contributed by atoms with E-state index >= 15 is 0 Å². The first-order chi connectivity index (χ1) is 25.0. The summed E-state index contributed by atoms with van der Waals surface area (Å²) in [5, 5.41) is 3.06. The van der Waals surface area contributed by atoms with E-state index in [4.69, 9.17) is 9.47 Å². The topological polar surface area (TPSA) is 71.1 Å². The summed E-state index contributed by atoms with van der Waals surface area (Å²) in [6, 6.07) is 39.6. The highest BCUT2D eigenvalue weighted by molar-refractivity contribution is 6.04. The molecule has 7 nitrogen and oxygen atoms in total. The van der Waals surface area contributed by atoms with Crippen LogP contribution in [0.5, 0.6) is 11.5 Å². The van der Waals surface area contributed by atoms with Crippen molar-refractivity contribution in [2.45, 2.75) is 51.7 Å². The summed E-state index contributed by atoms with van der Waals surface area (Å²) in [7, 11) is 0. The largest absolute Gasteiger partial charge is 0.490 e. The van der Waals surface area contributed by atoms with E-state index in [0.717, 1.165) is 76.6 Å².